The number of phenolic OH excluding ortho intramolecular Hbond substituents is 1. The number of benzene rings is 1. The number of nitrogens with zero attached hydrogens (tertiary/aromatic N) is 2. The van der Waals surface area contributed by atoms with Gasteiger partial charge in [-0.3, -0.25) is 0 Å². The summed E-state index contributed by atoms with van der Waals surface area (Å²) in [6.07, 6.45) is 0. The van der Waals surface area contributed by atoms with E-state index < -0.39 is 5.97 Å². The number of carboxylic acid groups (broad SMARTS) is 1. The first-order valence-corrected chi connectivity index (χ1v) is 5.09. The first kappa shape index (κ1) is 11.2. The van der Waals surface area contributed by atoms with Crippen molar-refractivity contribution in [1.82, 2.24) is 9.78 Å². The molecule has 1 aromatic heterocycles. The molecule has 0 spiro atoms. The van der Waals surface area contributed by atoms with Crippen LogP contribution in [0.4, 0.5) is 0 Å². The zero-order chi connectivity index (χ0) is 12.6. The van der Waals surface area contributed by atoms with Crippen molar-refractivity contribution in [1.29, 1.82) is 0 Å². The molecule has 0 atom stereocenters. The Bertz CT molecular complexity index is 587. The fraction of sp³-hybridized carbons (Fsp3) is 0.167. The van der Waals surface area contributed by atoms with Crippen molar-refractivity contribution in [2.24, 2.45) is 0 Å². The summed E-state index contributed by atoms with van der Waals surface area (Å²) in [5.41, 5.74) is 2.01. The first-order valence-electron chi connectivity index (χ1n) is 5.09. The van der Waals surface area contributed by atoms with Gasteiger partial charge in [0, 0.05) is 5.69 Å². The van der Waals surface area contributed by atoms with E-state index in [1.54, 1.807) is 19.1 Å². The molecule has 0 amide bonds. The fourth-order valence-corrected chi connectivity index (χ4v) is 1.64. The molecule has 1 aromatic carbocycles. The summed E-state index contributed by atoms with van der Waals surface area (Å²) in [6, 6.07) is 6.60. The minimum Gasteiger partial charge on any atom is -0.506 e. The molecule has 17 heavy (non-hydrogen) atoms. The average Bonchev–Trinajstić information content (AvgIpc) is 2.61. The van der Waals surface area contributed by atoms with E-state index in [2.05, 4.69) is 5.10 Å². The maximum absolute atomic E-state index is 10.8. The van der Waals surface area contributed by atoms with Crippen molar-refractivity contribution in [2.75, 3.05) is 0 Å². The molecule has 0 fully saturated rings. The summed E-state index contributed by atoms with van der Waals surface area (Å²) in [6.45, 7) is 3.60. The molecule has 0 saturated heterocycles. The van der Waals surface area contributed by atoms with Crippen LogP contribution in [0.15, 0.2) is 24.3 Å². The second-order valence-electron chi connectivity index (χ2n) is 3.88. The number of aromatic carboxylic acids is 1. The molecule has 5 nitrogen and oxygen atoms in total. The maximum Gasteiger partial charge on any atom is 0.356 e. The van der Waals surface area contributed by atoms with Gasteiger partial charge in [-0.15, -0.1) is 0 Å². The van der Waals surface area contributed by atoms with Crippen molar-refractivity contribution in [3.05, 3.63) is 41.2 Å². The molecule has 0 radical (unpaired) electrons. The number of carbonyl (C=O) groups is 1. The Hall–Kier alpha value is -2.30. The van der Waals surface area contributed by atoms with Gasteiger partial charge < -0.3 is 10.2 Å². The molecule has 2 N–H and O–H groups in total. The third-order valence-corrected chi connectivity index (χ3v) is 2.47. The lowest BCUT2D eigenvalue weighted by atomic mass is 10.2. The number of aromatic nitrogens is 2. The molecular weight excluding hydrogens is 220 g/mol. The standard InChI is InChI=1S/C12H12N2O3/c1-7-3-4-10(11(15)5-7)14-8(2)6-9(13-14)12(16)17/h3-6,15H,1-2H3,(H,16,17). The molecule has 2 rings (SSSR count). The second-order valence-corrected chi connectivity index (χ2v) is 3.88. The van der Waals surface area contributed by atoms with E-state index in [1.165, 1.54) is 10.7 Å². The van der Waals surface area contributed by atoms with Crippen molar-refractivity contribution < 1.29 is 15.0 Å². The number of rotatable bonds is 2. The minimum atomic E-state index is -1.08. The molecule has 0 aliphatic carbocycles. The number of aromatic hydroxyl groups is 1. The first-order chi connectivity index (χ1) is 7.99. The van der Waals surface area contributed by atoms with Gasteiger partial charge in [0.25, 0.3) is 0 Å². The predicted molar refractivity (Wildman–Crippen MR) is 61.7 cm³/mol. The Balaban J connectivity index is 2.56. The van der Waals surface area contributed by atoms with E-state index in [9.17, 15) is 9.90 Å². The topological polar surface area (TPSA) is 75.4 Å². The normalized spacial score (nSPS) is 10.5. The summed E-state index contributed by atoms with van der Waals surface area (Å²) in [5.74, 6) is -1.01. The summed E-state index contributed by atoms with van der Waals surface area (Å²) in [7, 11) is 0. The number of phenols is 1. The van der Waals surface area contributed by atoms with Gasteiger partial charge in [-0.05, 0) is 37.6 Å². The largest absolute Gasteiger partial charge is 0.506 e. The van der Waals surface area contributed by atoms with Crippen LogP contribution in [0.3, 0.4) is 0 Å². The zero-order valence-electron chi connectivity index (χ0n) is 9.51. The molecule has 1 heterocycles. The van der Waals surface area contributed by atoms with E-state index in [0.29, 0.717) is 11.4 Å². The Morgan fingerprint density at radius 1 is 1.29 bits per heavy atom. The Kier molecular flexibility index (Phi) is 2.59. The molecule has 0 aliphatic heterocycles. The fourth-order valence-electron chi connectivity index (χ4n) is 1.64. The summed E-state index contributed by atoms with van der Waals surface area (Å²) < 4.78 is 1.41. The minimum absolute atomic E-state index is 0.0394. The van der Waals surface area contributed by atoms with E-state index in [1.807, 2.05) is 13.0 Å². The van der Waals surface area contributed by atoms with Gasteiger partial charge in [0.2, 0.25) is 0 Å². The average molecular weight is 232 g/mol. The van der Waals surface area contributed by atoms with Crippen molar-refractivity contribution in [3.8, 4) is 11.4 Å². The molecule has 88 valence electrons. The van der Waals surface area contributed by atoms with Crippen LogP contribution in [0.25, 0.3) is 5.69 Å². The highest BCUT2D eigenvalue weighted by atomic mass is 16.4. The van der Waals surface area contributed by atoms with Gasteiger partial charge >= 0.3 is 5.97 Å². The molecule has 0 saturated carbocycles. The van der Waals surface area contributed by atoms with Gasteiger partial charge in [-0.1, -0.05) is 6.07 Å². The van der Waals surface area contributed by atoms with E-state index in [0.717, 1.165) is 5.56 Å². The highest BCUT2D eigenvalue weighted by Crippen LogP contribution is 2.23. The van der Waals surface area contributed by atoms with Gasteiger partial charge in [0.1, 0.15) is 11.4 Å². The molecule has 2 aromatic rings. The maximum atomic E-state index is 10.8. The molecule has 0 unspecified atom stereocenters. The van der Waals surface area contributed by atoms with Gasteiger partial charge in [0.15, 0.2) is 5.69 Å². The lowest BCUT2D eigenvalue weighted by Crippen LogP contribution is -2.02. The highest BCUT2D eigenvalue weighted by molar-refractivity contribution is 5.85. The Morgan fingerprint density at radius 3 is 2.53 bits per heavy atom. The van der Waals surface area contributed by atoms with Crippen LogP contribution >= 0.6 is 0 Å². The third kappa shape index (κ3) is 1.99. The van der Waals surface area contributed by atoms with Crippen LogP contribution in [0, 0.1) is 13.8 Å². The quantitative estimate of drug-likeness (QED) is 0.829. The van der Waals surface area contributed by atoms with Gasteiger partial charge in [-0.25, -0.2) is 9.48 Å². The monoisotopic (exact) mass is 232 g/mol. The SMILES string of the molecule is Cc1ccc(-n2nc(C(=O)O)cc2C)c(O)c1. The molecule has 0 aliphatic rings. The molecular formula is C12H12N2O3. The predicted octanol–water partition coefficient (Wildman–Crippen LogP) is 1.89. The zero-order valence-corrected chi connectivity index (χ0v) is 9.51. The van der Waals surface area contributed by atoms with Crippen molar-refractivity contribution >= 4 is 5.97 Å². The third-order valence-electron chi connectivity index (χ3n) is 2.47. The van der Waals surface area contributed by atoms with Crippen LogP contribution in [-0.4, -0.2) is 26.0 Å². The van der Waals surface area contributed by atoms with Crippen LogP contribution in [0.2, 0.25) is 0 Å². The Labute approximate surface area is 97.9 Å². The summed E-state index contributed by atoms with van der Waals surface area (Å²) >= 11 is 0. The number of hydrogen-bond acceptors (Lipinski definition) is 3. The number of hydrogen-bond donors (Lipinski definition) is 2. The van der Waals surface area contributed by atoms with Crippen LogP contribution in [0.5, 0.6) is 5.75 Å². The Morgan fingerprint density at radius 2 is 2.00 bits per heavy atom. The lowest BCUT2D eigenvalue weighted by molar-refractivity contribution is 0.0690. The van der Waals surface area contributed by atoms with Gasteiger partial charge in [0.05, 0.1) is 0 Å². The summed E-state index contributed by atoms with van der Waals surface area (Å²) in [5, 5.41) is 22.6. The van der Waals surface area contributed by atoms with E-state index in [4.69, 9.17) is 5.11 Å². The second kappa shape index (κ2) is 3.93. The van der Waals surface area contributed by atoms with Crippen molar-refractivity contribution in [2.45, 2.75) is 13.8 Å². The summed E-state index contributed by atoms with van der Waals surface area (Å²) in [4.78, 5) is 10.8. The number of aryl methyl sites for hydroxylation is 2. The van der Waals surface area contributed by atoms with Crippen LogP contribution < -0.4 is 0 Å². The molecule has 5 heteroatoms. The molecule has 0 bridgehead atoms. The van der Waals surface area contributed by atoms with Crippen LogP contribution in [-0.2, 0) is 0 Å². The van der Waals surface area contributed by atoms with Gasteiger partial charge in [-0.2, -0.15) is 5.10 Å². The van der Waals surface area contributed by atoms with E-state index >= 15 is 0 Å². The lowest BCUT2D eigenvalue weighted by Gasteiger charge is -2.07. The highest BCUT2D eigenvalue weighted by Gasteiger charge is 2.13. The van der Waals surface area contributed by atoms with Crippen molar-refractivity contribution in [3.63, 3.8) is 0 Å². The van der Waals surface area contributed by atoms with Crippen LogP contribution in [0.1, 0.15) is 21.7 Å². The smallest absolute Gasteiger partial charge is 0.356 e. The number of carboxylic acids is 1. The van der Waals surface area contributed by atoms with E-state index in [-0.39, 0.29) is 11.4 Å².